The molecule has 0 radical (unpaired) electrons. The summed E-state index contributed by atoms with van der Waals surface area (Å²) in [4.78, 5) is 39.7. The largest absolute Gasteiger partial charge is 0.464 e. The first-order valence-electron chi connectivity index (χ1n) is 13.7. The molecule has 0 fully saturated rings. The Labute approximate surface area is 246 Å². The molecule has 0 heterocycles. The molecule has 1 atom stereocenters. The molecule has 42 heavy (non-hydrogen) atoms. The molecule has 0 bridgehead atoms. The van der Waals surface area contributed by atoms with E-state index in [2.05, 4.69) is 10.6 Å². The lowest BCUT2D eigenvalue weighted by Gasteiger charge is -2.19. The van der Waals surface area contributed by atoms with Crippen LogP contribution >= 0.6 is 0 Å². The molecule has 9 nitrogen and oxygen atoms in total. The zero-order valence-electron chi connectivity index (χ0n) is 24.3. The molecular weight excluding hydrogens is 536 g/mol. The van der Waals surface area contributed by atoms with Crippen molar-refractivity contribution in [2.24, 2.45) is 0 Å². The van der Waals surface area contributed by atoms with Gasteiger partial charge in [0.2, 0.25) is 11.7 Å². The van der Waals surface area contributed by atoms with Gasteiger partial charge in [0, 0.05) is 32.8 Å². The van der Waals surface area contributed by atoms with Crippen LogP contribution in [-0.2, 0) is 36.8 Å². The van der Waals surface area contributed by atoms with Crippen LogP contribution in [0, 0.1) is 0 Å². The number of ether oxygens (including phenoxy) is 4. The summed E-state index contributed by atoms with van der Waals surface area (Å²) < 4.78 is 21.2. The van der Waals surface area contributed by atoms with Crippen molar-refractivity contribution in [2.75, 3.05) is 27.8 Å². The van der Waals surface area contributed by atoms with Gasteiger partial charge in [-0.05, 0) is 41.3 Å². The minimum Gasteiger partial charge on any atom is -0.464 e. The van der Waals surface area contributed by atoms with Crippen molar-refractivity contribution in [3.05, 3.63) is 101 Å². The van der Waals surface area contributed by atoms with Gasteiger partial charge in [-0.2, -0.15) is 0 Å². The number of hydrogen-bond acceptors (Lipinski definition) is 7. The van der Waals surface area contributed by atoms with Gasteiger partial charge in [0.25, 0.3) is 5.91 Å². The number of hydrogen-bond donors (Lipinski definition) is 2. The Hall–Kier alpha value is -4.47. The van der Waals surface area contributed by atoms with E-state index in [9.17, 15) is 14.4 Å². The Morgan fingerprint density at radius 2 is 1.40 bits per heavy atom. The average molecular weight is 575 g/mol. The van der Waals surface area contributed by atoms with E-state index in [1.54, 1.807) is 24.3 Å². The number of amides is 2. The zero-order valence-corrected chi connectivity index (χ0v) is 24.3. The lowest BCUT2D eigenvalue weighted by atomic mass is 10.00. The number of ketones is 1. The van der Waals surface area contributed by atoms with Crippen LogP contribution < -0.4 is 20.1 Å². The summed E-state index contributed by atoms with van der Waals surface area (Å²) in [6, 6.07) is 22.8. The van der Waals surface area contributed by atoms with E-state index in [1.807, 2.05) is 67.6 Å². The predicted molar refractivity (Wildman–Crippen MR) is 160 cm³/mol. The van der Waals surface area contributed by atoms with E-state index < -0.39 is 23.6 Å². The number of carbonyl (C=O) groups is 3. The molecule has 0 aliphatic rings. The Kier molecular flexibility index (Phi) is 13.3. The number of Topliss-reactive ketones (excluding diaryl/α,β-unsaturated/α-hetero) is 1. The van der Waals surface area contributed by atoms with Crippen molar-refractivity contribution < 1.29 is 33.3 Å². The van der Waals surface area contributed by atoms with Crippen LogP contribution in [-0.4, -0.2) is 51.4 Å². The number of rotatable bonds is 17. The molecule has 0 aliphatic carbocycles. The molecule has 3 aromatic rings. The van der Waals surface area contributed by atoms with Gasteiger partial charge in [-0.25, -0.2) is 0 Å². The molecule has 0 saturated heterocycles. The van der Waals surface area contributed by atoms with Crippen LogP contribution in [0.3, 0.4) is 0 Å². The number of carbonyl (C=O) groups excluding carboxylic acids is 3. The first-order chi connectivity index (χ1) is 20.4. The first-order valence-corrected chi connectivity index (χ1v) is 13.7. The second-order valence-corrected chi connectivity index (χ2v) is 9.48. The second-order valence-electron chi connectivity index (χ2n) is 9.48. The minimum absolute atomic E-state index is 0.00836. The molecule has 0 spiro atoms. The van der Waals surface area contributed by atoms with E-state index in [0.717, 1.165) is 11.1 Å². The summed E-state index contributed by atoms with van der Waals surface area (Å²) >= 11 is 0. The Morgan fingerprint density at radius 1 is 0.786 bits per heavy atom. The lowest BCUT2D eigenvalue weighted by molar-refractivity contribution is -0.139. The maximum atomic E-state index is 13.6. The van der Waals surface area contributed by atoms with Gasteiger partial charge in [-0.15, -0.1) is 0 Å². The molecule has 2 N–H and O–H groups in total. The fourth-order valence-electron chi connectivity index (χ4n) is 4.15. The van der Waals surface area contributed by atoms with Crippen LogP contribution in [0.4, 0.5) is 0 Å². The van der Waals surface area contributed by atoms with Crippen LogP contribution in [0.1, 0.15) is 36.5 Å². The summed E-state index contributed by atoms with van der Waals surface area (Å²) in [7, 11) is 3.03. The van der Waals surface area contributed by atoms with Crippen molar-refractivity contribution in [1.82, 2.24) is 10.6 Å². The first kappa shape index (κ1) is 32.0. The number of methoxy groups -OCH3 is 2. The summed E-state index contributed by atoms with van der Waals surface area (Å²) in [5.74, 6) is -1.02. The van der Waals surface area contributed by atoms with Gasteiger partial charge in [-0.1, -0.05) is 80.1 Å². The van der Waals surface area contributed by atoms with Crippen molar-refractivity contribution in [2.45, 2.75) is 38.8 Å². The summed E-state index contributed by atoms with van der Waals surface area (Å²) in [5.41, 5.74) is 2.83. The Balaban J connectivity index is 1.83. The minimum atomic E-state index is -1.05. The second kappa shape index (κ2) is 17.4. The van der Waals surface area contributed by atoms with Crippen LogP contribution in [0.25, 0.3) is 6.08 Å². The quantitative estimate of drug-likeness (QED) is 0.139. The molecule has 0 saturated carbocycles. The van der Waals surface area contributed by atoms with Gasteiger partial charge in [-0.3, -0.25) is 14.4 Å². The molecule has 3 aromatic carbocycles. The van der Waals surface area contributed by atoms with Crippen LogP contribution in [0.5, 0.6) is 11.5 Å². The molecule has 222 valence electrons. The third kappa shape index (κ3) is 10.2. The van der Waals surface area contributed by atoms with Gasteiger partial charge in [0.1, 0.15) is 6.04 Å². The summed E-state index contributed by atoms with van der Waals surface area (Å²) in [5, 5.41) is 5.50. The Bertz CT molecular complexity index is 1330. The predicted octanol–water partition coefficient (Wildman–Crippen LogP) is 4.45. The molecular formula is C33H38N2O7. The highest BCUT2D eigenvalue weighted by Gasteiger charge is 2.28. The maximum absolute atomic E-state index is 13.6. The molecule has 2 amide bonds. The molecule has 9 heteroatoms. The number of nitrogens with one attached hydrogen (secondary N) is 2. The van der Waals surface area contributed by atoms with E-state index >= 15 is 0 Å². The highest BCUT2D eigenvalue weighted by molar-refractivity contribution is 6.38. The third-order valence-corrected chi connectivity index (χ3v) is 6.21. The molecule has 1 unspecified atom stereocenters. The van der Waals surface area contributed by atoms with Gasteiger partial charge >= 0.3 is 0 Å². The normalized spacial score (nSPS) is 11.8. The Morgan fingerprint density at radius 3 is 2.02 bits per heavy atom. The zero-order chi connectivity index (χ0) is 30.2. The van der Waals surface area contributed by atoms with Crippen LogP contribution in [0.2, 0.25) is 0 Å². The monoisotopic (exact) mass is 574 g/mol. The highest BCUT2D eigenvalue weighted by Crippen LogP contribution is 2.30. The van der Waals surface area contributed by atoms with E-state index in [0.29, 0.717) is 35.5 Å². The van der Waals surface area contributed by atoms with Crippen molar-refractivity contribution in [1.29, 1.82) is 0 Å². The fourth-order valence-corrected chi connectivity index (χ4v) is 4.15. The van der Waals surface area contributed by atoms with Gasteiger partial charge < -0.3 is 29.6 Å². The van der Waals surface area contributed by atoms with Crippen molar-refractivity contribution >= 4 is 23.7 Å². The van der Waals surface area contributed by atoms with Gasteiger partial charge in [0.15, 0.2) is 25.1 Å². The topological polar surface area (TPSA) is 112 Å². The smallest absolute Gasteiger partial charge is 0.289 e. The number of benzene rings is 3. The standard InChI is InChI=1S/C33H38N2O7/c1-4-11-27(18-26-16-17-29(41-22-39-2)30(20-26)42-23-40-3)32(37)35-28(19-24-12-7-5-8-13-24)31(36)33(38)34-21-25-14-9-6-10-15-25/h5-10,12-18,20,28H,4,11,19,21-23H2,1-3H3,(H,34,38)(H,35,37)/b27-18+. The average Bonchev–Trinajstić information content (AvgIpc) is 3.02. The molecule has 0 aliphatic heterocycles. The third-order valence-electron chi connectivity index (χ3n) is 6.21. The lowest BCUT2D eigenvalue weighted by Crippen LogP contribution is -2.48. The molecule has 0 aromatic heterocycles. The van der Waals surface area contributed by atoms with Gasteiger partial charge in [0.05, 0.1) is 0 Å². The van der Waals surface area contributed by atoms with E-state index in [-0.39, 0.29) is 26.6 Å². The summed E-state index contributed by atoms with van der Waals surface area (Å²) in [6.45, 7) is 2.21. The van der Waals surface area contributed by atoms with Crippen molar-refractivity contribution in [3.8, 4) is 11.5 Å². The summed E-state index contributed by atoms with van der Waals surface area (Å²) in [6.07, 6.45) is 3.05. The fraction of sp³-hybridized carbons (Fsp3) is 0.303. The van der Waals surface area contributed by atoms with Crippen LogP contribution in [0.15, 0.2) is 84.4 Å². The van der Waals surface area contributed by atoms with E-state index in [4.69, 9.17) is 18.9 Å². The van der Waals surface area contributed by atoms with Crippen molar-refractivity contribution in [3.63, 3.8) is 0 Å². The van der Waals surface area contributed by atoms with E-state index in [1.165, 1.54) is 14.2 Å². The molecule has 3 rings (SSSR count). The SMILES string of the molecule is CCC/C(=C\c1ccc(OCOC)c(OCOC)c1)C(=O)NC(Cc1ccccc1)C(=O)C(=O)NCc1ccccc1. The maximum Gasteiger partial charge on any atom is 0.289 e. The highest BCUT2D eigenvalue weighted by atomic mass is 16.7.